The van der Waals surface area contributed by atoms with Crippen LogP contribution in [0.15, 0.2) is 41.4 Å². The highest BCUT2D eigenvalue weighted by Crippen LogP contribution is 2.28. The van der Waals surface area contributed by atoms with E-state index in [0.29, 0.717) is 24.1 Å². The van der Waals surface area contributed by atoms with Crippen molar-refractivity contribution in [2.45, 2.75) is 23.8 Å². The molecule has 1 aliphatic heterocycles. The zero-order valence-corrected chi connectivity index (χ0v) is 16.8. The summed E-state index contributed by atoms with van der Waals surface area (Å²) in [6.45, 7) is 0.205. The van der Waals surface area contributed by atoms with Gasteiger partial charge in [-0.1, -0.05) is 0 Å². The number of nitriles is 1. The van der Waals surface area contributed by atoms with Gasteiger partial charge in [-0.2, -0.15) is 9.57 Å². The first kappa shape index (κ1) is 20.6. The number of carbonyl (C=O) groups excluding carboxylic acids is 2. The van der Waals surface area contributed by atoms with Gasteiger partial charge in [0.1, 0.15) is 16.6 Å². The number of anilines is 1. The van der Waals surface area contributed by atoms with E-state index in [1.165, 1.54) is 23.9 Å². The molecule has 2 heterocycles. The quantitative estimate of drug-likeness (QED) is 0.737. The van der Waals surface area contributed by atoms with Gasteiger partial charge in [-0.3, -0.25) is 4.79 Å². The summed E-state index contributed by atoms with van der Waals surface area (Å²) in [5.41, 5.74) is 1.04. The number of sulfonamides is 1. The van der Waals surface area contributed by atoms with Crippen molar-refractivity contribution in [3.05, 3.63) is 47.8 Å². The minimum absolute atomic E-state index is 0.0709. The van der Waals surface area contributed by atoms with Crippen molar-refractivity contribution < 1.29 is 22.7 Å². The number of esters is 1. The number of hydrogen-bond donors (Lipinski definition) is 1. The molecule has 0 saturated carbocycles. The number of nitrogens with one attached hydrogen (secondary N) is 1. The summed E-state index contributed by atoms with van der Waals surface area (Å²) in [6.07, 6.45) is 2.26. The highest BCUT2D eigenvalue weighted by molar-refractivity contribution is 7.89. The molecule has 9 nitrogen and oxygen atoms in total. The van der Waals surface area contributed by atoms with Crippen LogP contribution in [0.5, 0.6) is 0 Å². The number of aromatic nitrogens is 1. The third-order valence-corrected chi connectivity index (χ3v) is 6.64. The summed E-state index contributed by atoms with van der Waals surface area (Å²) >= 11 is 0. The van der Waals surface area contributed by atoms with Crippen LogP contribution in [0.1, 0.15) is 28.9 Å². The molecule has 1 aliphatic rings. The number of carbonyl (C=O) groups is 2. The van der Waals surface area contributed by atoms with Gasteiger partial charge < -0.3 is 14.6 Å². The van der Waals surface area contributed by atoms with Crippen LogP contribution in [-0.2, 0) is 26.6 Å². The number of nitrogens with zero attached hydrogens (tertiary/aromatic N) is 3. The topological polar surface area (TPSA) is 122 Å². The molecule has 29 heavy (non-hydrogen) atoms. The van der Waals surface area contributed by atoms with Crippen LogP contribution in [0.3, 0.4) is 0 Å². The molecule has 0 bridgehead atoms. The average molecular weight is 416 g/mol. The van der Waals surface area contributed by atoms with Crippen LogP contribution in [0.2, 0.25) is 0 Å². The van der Waals surface area contributed by atoms with Crippen molar-refractivity contribution in [1.82, 2.24) is 8.87 Å². The van der Waals surface area contributed by atoms with E-state index in [1.54, 1.807) is 31.3 Å². The van der Waals surface area contributed by atoms with E-state index in [2.05, 4.69) is 10.1 Å². The Morgan fingerprint density at radius 1 is 1.28 bits per heavy atom. The summed E-state index contributed by atoms with van der Waals surface area (Å²) in [5.74, 6) is -1.09. The Balaban J connectivity index is 1.82. The average Bonchev–Trinajstić information content (AvgIpc) is 3.35. The van der Waals surface area contributed by atoms with Gasteiger partial charge >= 0.3 is 5.97 Å². The molecular weight excluding hydrogens is 396 g/mol. The van der Waals surface area contributed by atoms with E-state index in [-0.39, 0.29) is 17.1 Å². The maximum atomic E-state index is 13.1. The molecule has 0 unspecified atom stereocenters. The number of amides is 1. The normalized spacial score (nSPS) is 16.9. The maximum Gasteiger partial charge on any atom is 0.354 e. The molecule has 1 amide bonds. The minimum Gasteiger partial charge on any atom is -0.464 e. The van der Waals surface area contributed by atoms with E-state index >= 15 is 0 Å². The second-order valence-corrected chi connectivity index (χ2v) is 8.51. The lowest BCUT2D eigenvalue weighted by Gasteiger charge is -2.22. The standard InChI is InChI=1S/C19H20N4O5S/c1-22-12-15(10-17(22)19(25)28-2)29(26,27)23-9-3-4-16(23)18(24)21-14-7-5-13(11-20)6-8-14/h5-8,10,12,16H,3-4,9H2,1-2H3,(H,21,24)/t16-/m1/s1. The van der Waals surface area contributed by atoms with Gasteiger partial charge in [0.25, 0.3) is 0 Å². The van der Waals surface area contributed by atoms with Gasteiger partial charge in [0.05, 0.1) is 18.7 Å². The Hall–Kier alpha value is -3.16. The molecule has 1 aromatic carbocycles. The molecule has 1 aromatic heterocycles. The van der Waals surface area contributed by atoms with E-state index in [4.69, 9.17) is 5.26 Å². The fourth-order valence-corrected chi connectivity index (χ4v) is 4.99. The van der Waals surface area contributed by atoms with Gasteiger partial charge in [0, 0.05) is 25.5 Å². The molecule has 10 heteroatoms. The lowest BCUT2D eigenvalue weighted by atomic mass is 10.2. The number of methoxy groups -OCH3 is 1. The molecule has 1 fully saturated rings. The van der Waals surface area contributed by atoms with Crippen LogP contribution in [0, 0.1) is 11.3 Å². The maximum absolute atomic E-state index is 13.1. The smallest absolute Gasteiger partial charge is 0.354 e. The van der Waals surface area contributed by atoms with Crippen LogP contribution in [0.4, 0.5) is 5.69 Å². The Kier molecular flexibility index (Phi) is 5.72. The Morgan fingerprint density at radius 2 is 1.97 bits per heavy atom. The highest BCUT2D eigenvalue weighted by atomic mass is 32.2. The second-order valence-electron chi connectivity index (χ2n) is 6.62. The predicted molar refractivity (Wildman–Crippen MR) is 103 cm³/mol. The zero-order chi connectivity index (χ0) is 21.2. The third-order valence-electron chi connectivity index (χ3n) is 4.77. The Morgan fingerprint density at radius 3 is 2.59 bits per heavy atom. The molecule has 0 radical (unpaired) electrons. The first-order valence-corrected chi connectivity index (χ1v) is 10.3. The molecule has 2 aromatic rings. The van der Waals surface area contributed by atoms with Crippen molar-refractivity contribution in [3.8, 4) is 6.07 Å². The number of hydrogen-bond acceptors (Lipinski definition) is 6. The van der Waals surface area contributed by atoms with E-state index in [0.717, 1.165) is 4.31 Å². The summed E-state index contributed by atoms with van der Waals surface area (Å²) in [7, 11) is -1.22. The van der Waals surface area contributed by atoms with Crippen molar-refractivity contribution >= 4 is 27.6 Å². The molecule has 3 rings (SSSR count). The van der Waals surface area contributed by atoms with Crippen LogP contribution in [0.25, 0.3) is 0 Å². The van der Waals surface area contributed by atoms with Gasteiger partial charge in [-0.05, 0) is 43.2 Å². The van der Waals surface area contributed by atoms with Gasteiger partial charge in [-0.15, -0.1) is 0 Å². The Bertz CT molecular complexity index is 1080. The summed E-state index contributed by atoms with van der Waals surface area (Å²) < 4.78 is 33.4. The van der Waals surface area contributed by atoms with Crippen molar-refractivity contribution in [2.24, 2.45) is 7.05 Å². The molecule has 0 aliphatic carbocycles. The fraction of sp³-hybridized carbons (Fsp3) is 0.316. The number of benzene rings is 1. The van der Waals surface area contributed by atoms with Gasteiger partial charge in [0.15, 0.2) is 0 Å². The van der Waals surface area contributed by atoms with E-state index < -0.39 is 27.9 Å². The minimum atomic E-state index is -3.98. The van der Waals surface area contributed by atoms with Crippen LogP contribution < -0.4 is 5.32 Å². The van der Waals surface area contributed by atoms with Crippen molar-refractivity contribution in [3.63, 3.8) is 0 Å². The lowest BCUT2D eigenvalue weighted by molar-refractivity contribution is -0.119. The summed E-state index contributed by atoms with van der Waals surface area (Å²) in [4.78, 5) is 24.4. The summed E-state index contributed by atoms with van der Waals surface area (Å²) in [5, 5.41) is 11.5. The lowest BCUT2D eigenvalue weighted by Crippen LogP contribution is -2.43. The molecular formula is C19H20N4O5S. The molecule has 1 atom stereocenters. The fourth-order valence-electron chi connectivity index (χ4n) is 3.26. The van der Waals surface area contributed by atoms with E-state index in [9.17, 15) is 18.0 Å². The molecule has 0 spiro atoms. The number of aryl methyl sites for hydroxylation is 1. The van der Waals surface area contributed by atoms with Crippen molar-refractivity contribution in [2.75, 3.05) is 19.0 Å². The van der Waals surface area contributed by atoms with E-state index in [1.807, 2.05) is 6.07 Å². The molecule has 1 saturated heterocycles. The van der Waals surface area contributed by atoms with Gasteiger partial charge in [0.2, 0.25) is 15.9 Å². The zero-order valence-electron chi connectivity index (χ0n) is 16.0. The third kappa shape index (κ3) is 4.01. The first-order valence-electron chi connectivity index (χ1n) is 8.85. The Labute approximate surface area is 168 Å². The highest BCUT2D eigenvalue weighted by Gasteiger charge is 2.40. The molecule has 1 N–H and O–H groups in total. The number of rotatable bonds is 5. The first-order chi connectivity index (χ1) is 13.8. The second kappa shape index (κ2) is 8.06. The molecule has 152 valence electrons. The summed E-state index contributed by atoms with van der Waals surface area (Å²) in [6, 6.07) is 8.68. The predicted octanol–water partition coefficient (Wildman–Crippen LogP) is 1.48. The largest absolute Gasteiger partial charge is 0.464 e. The monoisotopic (exact) mass is 416 g/mol. The van der Waals surface area contributed by atoms with Crippen LogP contribution >= 0.6 is 0 Å². The SMILES string of the molecule is COC(=O)c1cc(S(=O)(=O)N2CCC[C@@H]2C(=O)Nc2ccc(C#N)cc2)cn1C. The van der Waals surface area contributed by atoms with Crippen molar-refractivity contribution in [1.29, 1.82) is 5.26 Å². The van der Waals surface area contributed by atoms with Crippen LogP contribution in [-0.4, -0.2) is 48.9 Å². The number of ether oxygens (including phenoxy) is 1. The van der Waals surface area contributed by atoms with Gasteiger partial charge in [-0.25, -0.2) is 13.2 Å².